The number of rotatable bonds is 10. The molecule has 1 saturated heterocycles. The highest BCUT2D eigenvalue weighted by Gasteiger charge is 2.52. The number of amides is 2. The molecule has 0 saturated carbocycles. The highest BCUT2D eigenvalue weighted by atomic mass is 19.1. The SMILES string of the molecule is CCC(CC)(C(=O)O)[C@H]1CC[C@@H](c2cccc(F)c2)N1C(=O)[C@@H](C)NC(=O)c1ccc(Cc2cc(C)n[nH]c2=O)cc1. The zero-order chi connectivity index (χ0) is 30.6. The van der Waals surface area contributed by atoms with Gasteiger partial charge in [-0.15, -0.1) is 0 Å². The second kappa shape index (κ2) is 12.7. The van der Waals surface area contributed by atoms with Gasteiger partial charge in [0.2, 0.25) is 5.91 Å². The van der Waals surface area contributed by atoms with Crippen LogP contribution in [0.4, 0.5) is 4.39 Å². The first-order valence-corrected chi connectivity index (χ1v) is 14.3. The van der Waals surface area contributed by atoms with Gasteiger partial charge in [0, 0.05) is 23.6 Å². The summed E-state index contributed by atoms with van der Waals surface area (Å²) in [5.41, 5.74) is 1.56. The Kier molecular flexibility index (Phi) is 9.23. The van der Waals surface area contributed by atoms with Crippen molar-refractivity contribution in [3.63, 3.8) is 0 Å². The third-order valence-corrected chi connectivity index (χ3v) is 8.54. The number of benzene rings is 2. The molecular weight excluding hydrogens is 539 g/mol. The van der Waals surface area contributed by atoms with Crippen LogP contribution in [-0.4, -0.2) is 50.1 Å². The maximum atomic E-state index is 14.2. The number of carbonyl (C=O) groups is 3. The number of nitrogens with one attached hydrogen (secondary N) is 2. The first kappa shape index (κ1) is 30.6. The van der Waals surface area contributed by atoms with Crippen molar-refractivity contribution in [3.05, 3.63) is 98.7 Å². The fourth-order valence-corrected chi connectivity index (χ4v) is 6.12. The van der Waals surface area contributed by atoms with Gasteiger partial charge in [-0.05, 0) is 81.0 Å². The van der Waals surface area contributed by atoms with Gasteiger partial charge in [-0.2, -0.15) is 5.10 Å². The number of nitrogens with zero attached hydrogens (tertiary/aromatic N) is 2. The molecule has 0 radical (unpaired) electrons. The lowest BCUT2D eigenvalue weighted by Gasteiger charge is -2.42. The summed E-state index contributed by atoms with van der Waals surface area (Å²) in [5, 5.41) is 19.4. The van der Waals surface area contributed by atoms with Crippen molar-refractivity contribution < 1.29 is 23.9 Å². The number of hydrogen-bond donors (Lipinski definition) is 3. The van der Waals surface area contributed by atoms with Crippen LogP contribution in [0.2, 0.25) is 0 Å². The van der Waals surface area contributed by atoms with E-state index in [0.717, 1.165) is 5.56 Å². The van der Waals surface area contributed by atoms with Crippen LogP contribution in [0.3, 0.4) is 0 Å². The molecule has 1 aliphatic rings. The van der Waals surface area contributed by atoms with Crippen LogP contribution < -0.4 is 10.9 Å². The third-order valence-electron chi connectivity index (χ3n) is 8.54. The molecule has 1 aliphatic heterocycles. The Labute approximate surface area is 244 Å². The summed E-state index contributed by atoms with van der Waals surface area (Å²) in [6, 6.07) is 12.4. The number of halogens is 1. The van der Waals surface area contributed by atoms with Crippen molar-refractivity contribution in [3.8, 4) is 0 Å². The van der Waals surface area contributed by atoms with E-state index in [0.29, 0.717) is 54.5 Å². The number of aliphatic carboxylic acids is 1. The maximum Gasteiger partial charge on any atom is 0.311 e. The number of H-pyrrole nitrogens is 1. The second-order valence-corrected chi connectivity index (χ2v) is 11.0. The molecule has 0 spiro atoms. The van der Waals surface area contributed by atoms with Gasteiger partial charge in [-0.3, -0.25) is 19.2 Å². The summed E-state index contributed by atoms with van der Waals surface area (Å²) in [5.74, 6) is -2.30. The fraction of sp³-hybridized carbons (Fsp3) is 0.406. The van der Waals surface area contributed by atoms with E-state index < -0.39 is 47.1 Å². The lowest BCUT2D eigenvalue weighted by molar-refractivity contribution is -0.157. The maximum absolute atomic E-state index is 14.2. The van der Waals surface area contributed by atoms with E-state index in [1.165, 1.54) is 12.1 Å². The van der Waals surface area contributed by atoms with Crippen LogP contribution in [0, 0.1) is 18.2 Å². The Morgan fingerprint density at radius 2 is 1.81 bits per heavy atom. The number of carboxylic acids is 1. The van der Waals surface area contributed by atoms with Crippen LogP contribution >= 0.6 is 0 Å². The van der Waals surface area contributed by atoms with Crippen LogP contribution in [-0.2, 0) is 16.0 Å². The van der Waals surface area contributed by atoms with Gasteiger partial charge >= 0.3 is 5.97 Å². The molecule has 0 unspecified atom stereocenters. The Balaban J connectivity index is 1.55. The number of aromatic nitrogens is 2. The van der Waals surface area contributed by atoms with Crippen LogP contribution in [0.15, 0.2) is 59.4 Å². The van der Waals surface area contributed by atoms with Gasteiger partial charge in [-0.25, -0.2) is 9.49 Å². The normalized spacial score (nSPS) is 17.6. The van der Waals surface area contributed by atoms with E-state index in [-0.39, 0.29) is 5.56 Å². The Morgan fingerprint density at radius 1 is 1.12 bits per heavy atom. The first-order chi connectivity index (χ1) is 20.0. The number of likely N-dealkylation sites (tertiary alicyclic amines) is 1. The minimum Gasteiger partial charge on any atom is -0.481 e. The molecule has 4 rings (SSSR count). The van der Waals surface area contributed by atoms with Crippen molar-refractivity contribution in [1.82, 2.24) is 20.4 Å². The molecule has 2 aromatic carbocycles. The molecule has 0 aliphatic carbocycles. The van der Waals surface area contributed by atoms with Gasteiger partial charge in [0.15, 0.2) is 0 Å². The second-order valence-electron chi connectivity index (χ2n) is 11.0. The molecule has 0 bridgehead atoms. The molecule has 42 heavy (non-hydrogen) atoms. The predicted octanol–water partition coefficient (Wildman–Crippen LogP) is 4.55. The first-order valence-electron chi connectivity index (χ1n) is 14.3. The molecule has 3 aromatic rings. The van der Waals surface area contributed by atoms with Crippen LogP contribution in [0.1, 0.15) is 85.2 Å². The summed E-state index contributed by atoms with van der Waals surface area (Å²) in [6.45, 7) is 6.96. The number of aromatic amines is 1. The van der Waals surface area contributed by atoms with E-state index in [9.17, 15) is 28.7 Å². The molecule has 222 valence electrons. The third kappa shape index (κ3) is 6.12. The standard InChI is InChI=1S/C32H37FN4O5/c1-5-32(6-2,31(41)42)27-15-14-26(23-8-7-9-25(33)18-23)37(27)30(40)20(4)34-28(38)22-12-10-21(11-13-22)17-24-16-19(3)35-36-29(24)39/h7-13,16,18,20,26-27H,5-6,14-15,17H2,1-4H3,(H,34,38)(H,36,39)(H,41,42)/t20-,26+,27-/m1/s1. The van der Waals surface area contributed by atoms with Gasteiger partial charge in [0.1, 0.15) is 11.9 Å². The van der Waals surface area contributed by atoms with E-state index in [1.54, 1.807) is 75.1 Å². The zero-order valence-corrected chi connectivity index (χ0v) is 24.3. The number of carboxylic acid groups (broad SMARTS) is 1. The van der Waals surface area contributed by atoms with Crippen molar-refractivity contribution >= 4 is 17.8 Å². The molecule has 9 nitrogen and oxygen atoms in total. The number of hydrogen-bond acceptors (Lipinski definition) is 5. The highest BCUT2D eigenvalue weighted by molar-refractivity contribution is 5.97. The van der Waals surface area contributed by atoms with Gasteiger partial charge in [0.25, 0.3) is 11.5 Å². The molecule has 2 amide bonds. The summed E-state index contributed by atoms with van der Waals surface area (Å²) >= 11 is 0. The monoisotopic (exact) mass is 576 g/mol. The highest BCUT2D eigenvalue weighted by Crippen LogP contribution is 2.47. The van der Waals surface area contributed by atoms with E-state index >= 15 is 0 Å². The van der Waals surface area contributed by atoms with Gasteiger partial charge < -0.3 is 15.3 Å². The summed E-state index contributed by atoms with van der Waals surface area (Å²) in [7, 11) is 0. The Bertz CT molecular complexity index is 1520. The van der Waals surface area contributed by atoms with Crippen molar-refractivity contribution in [1.29, 1.82) is 0 Å². The zero-order valence-electron chi connectivity index (χ0n) is 24.3. The molecular formula is C32H37FN4O5. The average molecular weight is 577 g/mol. The molecule has 10 heteroatoms. The van der Waals surface area contributed by atoms with Crippen LogP contribution in [0.5, 0.6) is 0 Å². The quantitative estimate of drug-likeness (QED) is 0.324. The largest absolute Gasteiger partial charge is 0.481 e. The lowest BCUT2D eigenvalue weighted by Crippen LogP contribution is -2.55. The van der Waals surface area contributed by atoms with Crippen LogP contribution in [0.25, 0.3) is 0 Å². The molecule has 2 heterocycles. The van der Waals surface area contributed by atoms with E-state index in [2.05, 4.69) is 15.5 Å². The molecule has 1 fully saturated rings. The van der Waals surface area contributed by atoms with Crippen molar-refractivity contribution in [2.45, 2.75) is 77.9 Å². The molecule has 3 N–H and O–H groups in total. The van der Waals surface area contributed by atoms with Crippen molar-refractivity contribution in [2.75, 3.05) is 0 Å². The minimum atomic E-state index is -1.17. The van der Waals surface area contributed by atoms with Gasteiger partial charge in [-0.1, -0.05) is 38.1 Å². The Morgan fingerprint density at radius 3 is 2.43 bits per heavy atom. The summed E-state index contributed by atoms with van der Waals surface area (Å²) < 4.78 is 14.2. The summed E-state index contributed by atoms with van der Waals surface area (Å²) in [4.78, 5) is 53.3. The minimum absolute atomic E-state index is 0.274. The number of carbonyl (C=O) groups excluding carboxylic acids is 2. The molecule has 3 atom stereocenters. The number of aryl methyl sites for hydroxylation is 1. The Hall–Kier alpha value is -4.34. The van der Waals surface area contributed by atoms with E-state index in [4.69, 9.17) is 0 Å². The summed E-state index contributed by atoms with van der Waals surface area (Å²) in [6.07, 6.45) is 1.94. The van der Waals surface area contributed by atoms with Crippen molar-refractivity contribution in [2.24, 2.45) is 5.41 Å². The average Bonchev–Trinajstić information content (AvgIpc) is 3.41. The van der Waals surface area contributed by atoms with Gasteiger partial charge in [0.05, 0.1) is 17.2 Å². The lowest BCUT2D eigenvalue weighted by atomic mass is 9.74. The fourth-order valence-electron chi connectivity index (χ4n) is 6.12. The van der Waals surface area contributed by atoms with E-state index in [1.807, 2.05) is 0 Å². The molecule has 1 aromatic heterocycles. The smallest absolute Gasteiger partial charge is 0.311 e. The topological polar surface area (TPSA) is 132 Å². The predicted molar refractivity (Wildman–Crippen MR) is 155 cm³/mol.